The van der Waals surface area contributed by atoms with E-state index in [0.717, 1.165) is 53.8 Å². The van der Waals surface area contributed by atoms with Gasteiger partial charge in [0.15, 0.2) is 0 Å². The van der Waals surface area contributed by atoms with Crippen LogP contribution in [0.5, 0.6) is 0 Å². The molecule has 0 radical (unpaired) electrons. The standard InChI is InChI=1S/C20H26N4O2S2/c1-11-7-8-14-15(9-11)28-19-16(14)18(21-10-22-19)27-12(2)17(25)24-20(26)23-13-5-3-4-6-13/h10-13H,3-9H2,1-2H3,(H2,23,24,25,26)/t11-,12+/m1/s1. The molecule has 2 atom stereocenters. The predicted molar refractivity (Wildman–Crippen MR) is 113 cm³/mol. The lowest BCUT2D eigenvalue weighted by Gasteiger charge is -2.18. The van der Waals surface area contributed by atoms with E-state index in [1.165, 1.54) is 28.6 Å². The first kappa shape index (κ1) is 19.6. The van der Waals surface area contributed by atoms with Gasteiger partial charge in [-0.05, 0) is 50.5 Å². The normalized spacial score (nSPS) is 20.7. The number of carbonyl (C=O) groups is 2. The Balaban J connectivity index is 1.45. The van der Waals surface area contributed by atoms with Gasteiger partial charge in [-0.25, -0.2) is 14.8 Å². The summed E-state index contributed by atoms with van der Waals surface area (Å²) >= 11 is 3.16. The first-order valence-corrected chi connectivity index (χ1v) is 11.7. The molecule has 0 saturated heterocycles. The predicted octanol–water partition coefficient (Wildman–Crippen LogP) is 4.07. The molecule has 28 heavy (non-hydrogen) atoms. The number of thiophene rings is 1. The van der Waals surface area contributed by atoms with E-state index in [-0.39, 0.29) is 18.0 Å². The van der Waals surface area contributed by atoms with Crippen LogP contribution in [-0.4, -0.2) is 33.2 Å². The number of fused-ring (bicyclic) bond motifs is 3. The summed E-state index contributed by atoms with van der Waals surface area (Å²) in [5.74, 6) is 0.415. The number of hydrogen-bond donors (Lipinski definition) is 2. The van der Waals surface area contributed by atoms with Crippen molar-refractivity contribution in [2.24, 2.45) is 5.92 Å². The van der Waals surface area contributed by atoms with Crippen molar-refractivity contribution in [3.05, 3.63) is 16.8 Å². The molecule has 2 aliphatic carbocycles. The van der Waals surface area contributed by atoms with Crippen molar-refractivity contribution in [1.29, 1.82) is 0 Å². The summed E-state index contributed by atoms with van der Waals surface area (Å²) in [5.41, 5.74) is 1.35. The third-order valence-corrected chi connectivity index (χ3v) is 7.90. The molecule has 0 aliphatic heterocycles. The van der Waals surface area contributed by atoms with Crippen molar-refractivity contribution in [3.63, 3.8) is 0 Å². The number of nitrogens with one attached hydrogen (secondary N) is 2. The van der Waals surface area contributed by atoms with Gasteiger partial charge in [0.2, 0.25) is 5.91 Å². The molecular weight excluding hydrogens is 392 g/mol. The second-order valence-corrected chi connectivity index (χ2v) is 10.3. The number of rotatable bonds is 4. The van der Waals surface area contributed by atoms with Gasteiger partial charge in [-0.3, -0.25) is 10.1 Å². The number of carbonyl (C=O) groups excluding carboxylic acids is 2. The molecule has 0 unspecified atom stereocenters. The van der Waals surface area contributed by atoms with Crippen molar-refractivity contribution in [3.8, 4) is 0 Å². The Morgan fingerprint density at radius 1 is 1.25 bits per heavy atom. The number of amides is 3. The Morgan fingerprint density at radius 3 is 2.82 bits per heavy atom. The molecule has 8 heteroatoms. The van der Waals surface area contributed by atoms with E-state index in [4.69, 9.17) is 0 Å². The summed E-state index contributed by atoms with van der Waals surface area (Å²) in [5, 5.41) is 6.92. The van der Waals surface area contributed by atoms with Gasteiger partial charge in [-0.1, -0.05) is 31.5 Å². The molecule has 2 aromatic rings. The van der Waals surface area contributed by atoms with Crippen molar-refractivity contribution in [2.75, 3.05) is 0 Å². The highest BCUT2D eigenvalue weighted by atomic mass is 32.2. The van der Waals surface area contributed by atoms with E-state index in [0.29, 0.717) is 5.92 Å². The van der Waals surface area contributed by atoms with Crippen molar-refractivity contribution in [2.45, 2.75) is 75.1 Å². The van der Waals surface area contributed by atoms with Crippen LogP contribution in [0.25, 0.3) is 10.2 Å². The van der Waals surface area contributed by atoms with Gasteiger partial charge >= 0.3 is 6.03 Å². The Morgan fingerprint density at radius 2 is 2.04 bits per heavy atom. The Labute approximate surface area is 173 Å². The summed E-state index contributed by atoms with van der Waals surface area (Å²) in [6, 6.07) is -0.198. The number of aromatic nitrogens is 2. The van der Waals surface area contributed by atoms with Gasteiger partial charge in [0.25, 0.3) is 0 Å². The summed E-state index contributed by atoms with van der Waals surface area (Å²) < 4.78 is 0. The SMILES string of the molecule is C[C@@H]1CCc2c(sc3ncnc(S[C@@H](C)C(=O)NC(=O)NC4CCCC4)c23)C1. The van der Waals surface area contributed by atoms with E-state index in [2.05, 4.69) is 27.5 Å². The van der Waals surface area contributed by atoms with Gasteiger partial charge in [-0.2, -0.15) is 0 Å². The zero-order valence-electron chi connectivity index (χ0n) is 16.3. The average molecular weight is 419 g/mol. The largest absolute Gasteiger partial charge is 0.335 e. The fourth-order valence-electron chi connectivity index (χ4n) is 4.06. The second-order valence-electron chi connectivity index (χ2n) is 7.91. The molecule has 0 aromatic carbocycles. The number of thioether (sulfide) groups is 1. The van der Waals surface area contributed by atoms with E-state index in [9.17, 15) is 9.59 Å². The highest BCUT2D eigenvalue weighted by Crippen LogP contribution is 2.41. The van der Waals surface area contributed by atoms with Crippen LogP contribution in [-0.2, 0) is 17.6 Å². The molecule has 2 aromatic heterocycles. The van der Waals surface area contributed by atoms with Crippen LogP contribution >= 0.6 is 23.1 Å². The lowest BCUT2D eigenvalue weighted by molar-refractivity contribution is -0.119. The third kappa shape index (κ3) is 4.17. The van der Waals surface area contributed by atoms with Crippen molar-refractivity contribution in [1.82, 2.24) is 20.6 Å². The quantitative estimate of drug-likeness (QED) is 0.578. The lowest BCUT2D eigenvalue weighted by atomic mass is 9.89. The highest BCUT2D eigenvalue weighted by molar-refractivity contribution is 8.00. The van der Waals surface area contributed by atoms with Gasteiger partial charge in [0, 0.05) is 16.3 Å². The molecule has 1 fully saturated rings. The fraction of sp³-hybridized carbons (Fsp3) is 0.600. The molecule has 3 amide bonds. The number of imide groups is 1. The van der Waals surface area contributed by atoms with Crippen LogP contribution in [0.4, 0.5) is 4.79 Å². The Hall–Kier alpha value is -1.67. The smallest absolute Gasteiger partial charge is 0.321 e. The molecule has 150 valence electrons. The van der Waals surface area contributed by atoms with Gasteiger partial charge < -0.3 is 5.32 Å². The van der Waals surface area contributed by atoms with E-state index >= 15 is 0 Å². The fourth-order valence-corrected chi connectivity index (χ4v) is 6.42. The number of aryl methyl sites for hydroxylation is 1. The van der Waals surface area contributed by atoms with E-state index in [1.54, 1.807) is 17.7 Å². The zero-order valence-corrected chi connectivity index (χ0v) is 17.9. The second kappa shape index (κ2) is 8.37. The van der Waals surface area contributed by atoms with Crippen molar-refractivity contribution < 1.29 is 9.59 Å². The van der Waals surface area contributed by atoms with Crippen LogP contribution in [0.3, 0.4) is 0 Å². The molecule has 6 nitrogen and oxygen atoms in total. The van der Waals surface area contributed by atoms with E-state index < -0.39 is 5.25 Å². The summed E-state index contributed by atoms with van der Waals surface area (Å²) in [7, 11) is 0. The maximum absolute atomic E-state index is 12.5. The minimum atomic E-state index is -0.412. The molecule has 0 spiro atoms. The van der Waals surface area contributed by atoms with Gasteiger partial charge in [0.1, 0.15) is 16.2 Å². The monoisotopic (exact) mass is 418 g/mol. The Kier molecular flexibility index (Phi) is 5.87. The first-order chi connectivity index (χ1) is 13.5. The number of hydrogen-bond acceptors (Lipinski definition) is 6. The summed E-state index contributed by atoms with van der Waals surface area (Å²) in [6.07, 6.45) is 9.15. The molecule has 1 saturated carbocycles. The van der Waals surface area contributed by atoms with Crippen LogP contribution in [0.1, 0.15) is 56.4 Å². The molecule has 4 rings (SSSR count). The van der Waals surface area contributed by atoms with Crippen LogP contribution in [0.15, 0.2) is 11.4 Å². The topological polar surface area (TPSA) is 84.0 Å². The van der Waals surface area contributed by atoms with Crippen LogP contribution in [0.2, 0.25) is 0 Å². The van der Waals surface area contributed by atoms with Crippen molar-refractivity contribution >= 4 is 45.3 Å². The Bertz CT molecular complexity index is 892. The average Bonchev–Trinajstić information content (AvgIpc) is 3.28. The molecule has 2 aliphatic rings. The van der Waals surface area contributed by atoms with Gasteiger partial charge in [-0.15, -0.1) is 11.3 Å². The number of urea groups is 1. The minimum Gasteiger partial charge on any atom is -0.335 e. The van der Waals surface area contributed by atoms with Crippen LogP contribution in [0, 0.1) is 5.92 Å². The first-order valence-electron chi connectivity index (χ1n) is 10.0. The lowest BCUT2D eigenvalue weighted by Crippen LogP contribution is -2.45. The highest BCUT2D eigenvalue weighted by Gasteiger charge is 2.26. The maximum Gasteiger partial charge on any atom is 0.321 e. The summed E-state index contributed by atoms with van der Waals surface area (Å²) in [6.45, 7) is 4.11. The van der Waals surface area contributed by atoms with E-state index in [1.807, 2.05) is 6.92 Å². The molecular formula is C20H26N4O2S2. The maximum atomic E-state index is 12.5. The molecule has 2 heterocycles. The minimum absolute atomic E-state index is 0.192. The van der Waals surface area contributed by atoms with Gasteiger partial charge in [0.05, 0.1) is 5.25 Å². The third-order valence-electron chi connectivity index (χ3n) is 5.64. The zero-order chi connectivity index (χ0) is 19.7. The summed E-state index contributed by atoms with van der Waals surface area (Å²) in [4.78, 5) is 35.9. The molecule has 0 bridgehead atoms. The van der Waals surface area contributed by atoms with Crippen LogP contribution < -0.4 is 10.6 Å². The molecule has 2 N–H and O–H groups in total. The number of nitrogens with zero attached hydrogens (tertiary/aromatic N) is 2.